The molecular formula is C18H19Br2Cl. The van der Waals surface area contributed by atoms with E-state index in [2.05, 4.69) is 89.0 Å². The second kappa shape index (κ2) is 6.85. The Bertz CT molecular complexity index is 597. The average molecular weight is 431 g/mol. The fourth-order valence-electron chi connectivity index (χ4n) is 2.22. The Hall–Kier alpha value is -0.310. The molecule has 1 unspecified atom stereocenters. The van der Waals surface area contributed by atoms with Gasteiger partial charge in [-0.25, -0.2) is 0 Å². The van der Waals surface area contributed by atoms with Crippen molar-refractivity contribution >= 4 is 43.5 Å². The van der Waals surface area contributed by atoms with Crippen molar-refractivity contribution in [3.63, 3.8) is 0 Å². The molecule has 1 atom stereocenters. The lowest BCUT2D eigenvalue weighted by molar-refractivity contribution is 0.506. The van der Waals surface area contributed by atoms with Crippen molar-refractivity contribution in [1.29, 1.82) is 0 Å². The molecular weight excluding hydrogens is 411 g/mol. The highest BCUT2D eigenvalue weighted by Gasteiger charge is 2.19. The Labute approximate surface area is 149 Å². The fraction of sp³-hybridized carbons (Fsp3) is 0.333. The summed E-state index contributed by atoms with van der Waals surface area (Å²) in [6, 6.07) is 14.8. The standard InChI is InChI=1S/C18H19Br2Cl/c1-4-18(2,3)14-7-5-12(6-8-14)17(21)13-9-15(19)11-16(20)10-13/h5-11,17H,4H2,1-3H3. The molecule has 2 aromatic rings. The summed E-state index contributed by atoms with van der Waals surface area (Å²) in [5.74, 6) is 0. The first-order valence-corrected chi connectivity index (χ1v) is 9.06. The Morgan fingerprint density at radius 3 is 1.95 bits per heavy atom. The van der Waals surface area contributed by atoms with Gasteiger partial charge in [-0.05, 0) is 46.7 Å². The van der Waals surface area contributed by atoms with Crippen molar-refractivity contribution in [2.24, 2.45) is 0 Å². The second-order valence-electron chi connectivity index (χ2n) is 5.92. The van der Waals surface area contributed by atoms with Crippen LogP contribution in [0.1, 0.15) is 49.3 Å². The third-order valence-electron chi connectivity index (χ3n) is 4.05. The maximum absolute atomic E-state index is 6.63. The average Bonchev–Trinajstić information content (AvgIpc) is 2.45. The van der Waals surface area contributed by atoms with E-state index in [9.17, 15) is 0 Å². The molecule has 0 aromatic heterocycles. The van der Waals surface area contributed by atoms with Crippen LogP contribution in [-0.4, -0.2) is 0 Å². The molecule has 0 aliphatic rings. The lowest BCUT2D eigenvalue weighted by atomic mass is 9.82. The molecule has 0 aliphatic heterocycles. The highest BCUT2D eigenvalue weighted by molar-refractivity contribution is 9.11. The summed E-state index contributed by atoms with van der Waals surface area (Å²) in [4.78, 5) is 0. The summed E-state index contributed by atoms with van der Waals surface area (Å²) >= 11 is 13.7. The van der Waals surface area contributed by atoms with Crippen LogP contribution in [0.25, 0.3) is 0 Å². The fourth-order valence-corrected chi connectivity index (χ4v) is 3.82. The van der Waals surface area contributed by atoms with Gasteiger partial charge in [0.1, 0.15) is 0 Å². The zero-order valence-electron chi connectivity index (χ0n) is 12.5. The number of hydrogen-bond acceptors (Lipinski definition) is 0. The van der Waals surface area contributed by atoms with Crippen LogP contribution in [0.4, 0.5) is 0 Å². The Kier molecular flexibility index (Phi) is 5.56. The molecule has 21 heavy (non-hydrogen) atoms. The van der Waals surface area contributed by atoms with E-state index in [0.29, 0.717) is 0 Å². The quantitative estimate of drug-likeness (QED) is 0.449. The number of alkyl halides is 1. The van der Waals surface area contributed by atoms with Crippen LogP contribution in [0.15, 0.2) is 51.4 Å². The molecule has 0 amide bonds. The van der Waals surface area contributed by atoms with E-state index in [4.69, 9.17) is 11.6 Å². The topological polar surface area (TPSA) is 0 Å². The third kappa shape index (κ3) is 4.12. The minimum Gasteiger partial charge on any atom is -0.113 e. The van der Waals surface area contributed by atoms with Crippen LogP contribution in [0.2, 0.25) is 0 Å². The Morgan fingerprint density at radius 1 is 0.952 bits per heavy atom. The van der Waals surface area contributed by atoms with Gasteiger partial charge in [0.15, 0.2) is 0 Å². The van der Waals surface area contributed by atoms with Gasteiger partial charge in [0.2, 0.25) is 0 Å². The first-order valence-electron chi connectivity index (χ1n) is 7.04. The van der Waals surface area contributed by atoms with Crippen LogP contribution < -0.4 is 0 Å². The van der Waals surface area contributed by atoms with Crippen LogP contribution in [-0.2, 0) is 5.41 Å². The summed E-state index contributed by atoms with van der Waals surface area (Å²) in [7, 11) is 0. The van der Waals surface area contributed by atoms with Crippen molar-refractivity contribution in [1.82, 2.24) is 0 Å². The largest absolute Gasteiger partial charge is 0.113 e. The maximum Gasteiger partial charge on any atom is 0.0836 e. The van der Waals surface area contributed by atoms with Crippen molar-refractivity contribution < 1.29 is 0 Å². The molecule has 0 saturated heterocycles. The van der Waals surface area contributed by atoms with E-state index in [1.165, 1.54) is 5.56 Å². The van der Waals surface area contributed by atoms with E-state index in [-0.39, 0.29) is 10.8 Å². The molecule has 0 saturated carbocycles. The first-order chi connectivity index (χ1) is 9.83. The van der Waals surface area contributed by atoms with E-state index >= 15 is 0 Å². The van der Waals surface area contributed by atoms with Crippen molar-refractivity contribution in [3.05, 3.63) is 68.1 Å². The normalized spacial score (nSPS) is 13.2. The maximum atomic E-state index is 6.63. The third-order valence-corrected chi connectivity index (χ3v) is 5.47. The molecule has 0 aliphatic carbocycles. The zero-order valence-corrected chi connectivity index (χ0v) is 16.4. The molecule has 0 heterocycles. The second-order valence-corrected chi connectivity index (χ2v) is 8.19. The van der Waals surface area contributed by atoms with Gasteiger partial charge < -0.3 is 0 Å². The number of rotatable bonds is 4. The minimum atomic E-state index is -0.141. The molecule has 0 N–H and O–H groups in total. The van der Waals surface area contributed by atoms with Crippen LogP contribution >= 0.6 is 43.5 Å². The Morgan fingerprint density at radius 2 is 1.48 bits per heavy atom. The smallest absolute Gasteiger partial charge is 0.0836 e. The van der Waals surface area contributed by atoms with Gasteiger partial charge in [-0.15, -0.1) is 11.6 Å². The van der Waals surface area contributed by atoms with Crippen LogP contribution in [0, 0.1) is 0 Å². The van der Waals surface area contributed by atoms with Gasteiger partial charge in [-0.2, -0.15) is 0 Å². The number of benzene rings is 2. The Balaban J connectivity index is 2.30. The highest BCUT2D eigenvalue weighted by atomic mass is 79.9. The summed E-state index contributed by atoms with van der Waals surface area (Å²) < 4.78 is 2.06. The van der Waals surface area contributed by atoms with Gasteiger partial charge in [-0.3, -0.25) is 0 Å². The molecule has 0 spiro atoms. The van der Waals surface area contributed by atoms with Gasteiger partial charge in [-0.1, -0.05) is 76.9 Å². The zero-order chi connectivity index (χ0) is 15.6. The van der Waals surface area contributed by atoms with Crippen LogP contribution in [0.3, 0.4) is 0 Å². The van der Waals surface area contributed by atoms with Crippen molar-refractivity contribution in [3.8, 4) is 0 Å². The summed E-state index contributed by atoms with van der Waals surface area (Å²) in [5, 5.41) is -0.141. The summed E-state index contributed by atoms with van der Waals surface area (Å²) in [6.07, 6.45) is 1.12. The van der Waals surface area contributed by atoms with E-state index < -0.39 is 0 Å². The molecule has 2 rings (SSSR count). The van der Waals surface area contributed by atoms with Crippen molar-refractivity contribution in [2.75, 3.05) is 0 Å². The van der Waals surface area contributed by atoms with Crippen molar-refractivity contribution in [2.45, 2.75) is 38.0 Å². The van der Waals surface area contributed by atoms with Crippen LogP contribution in [0.5, 0.6) is 0 Å². The monoisotopic (exact) mass is 428 g/mol. The predicted molar refractivity (Wildman–Crippen MR) is 99.3 cm³/mol. The highest BCUT2D eigenvalue weighted by Crippen LogP contribution is 2.34. The van der Waals surface area contributed by atoms with E-state index in [1.54, 1.807) is 0 Å². The molecule has 0 nitrogen and oxygen atoms in total. The molecule has 3 heteroatoms. The number of halogens is 3. The number of hydrogen-bond donors (Lipinski definition) is 0. The predicted octanol–water partition coefficient (Wildman–Crippen LogP) is 7.23. The van der Waals surface area contributed by atoms with Gasteiger partial charge in [0.25, 0.3) is 0 Å². The summed E-state index contributed by atoms with van der Waals surface area (Å²) in [5.41, 5.74) is 3.77. The molecule has 112 valence electrons. The lowest BCUT2D eigenvalue weighted by Gasteiger charge is -2.24. The molecule has 0 fully saturated rings. The molecule has 0 radical (unpaired) electrons. The van der Waals surface area contributed by atoms with Gasteiger partial charge in [0.05, 0.1) is 5.38 Å². The van der Waals surface area contributed by atoms with Gasteiger partial charge in [0, 0.05) is 8.95 Å². The van der Waals surface area contributed by atoms with E-state index in [0.717, 1.165) is 26.5 Å². The first kappa shape index (κ1) is 17.1. The van der Waals surface area contributed by atoms with Gasteiger partial charge >= 0.3 is 0 Å². The summed E-state index contributed by atoms with van der Waals surface area (Å²) in [6.45, 7) is 6.76. The van der Waals surface area contributed by atoms with E-state index in [1.807, 2.05) is 6.07 Å². The molecule has 2 aromatic carbocycles. The minimum absolute atomic E-state index is 0.141. The SMILES string of the molecule is CCC(C)(C)c1ccc(C(Cl)c2cc(Br)cc(Br)c2)cc1. The lowest BCUT2D eigenvalue weighted by Crippen LogP contribution is -2.15. The molecule has 0 bridgehead atoms.